The fourth-order valence-corrected chi connectivity index (χ4v) is 2.42. The summed E-state index contributed by atoms with van der Waals surface area (Å²) in [7, 11) is 0. The van der Waals surface area contributed by atoms with Gasteiger partial charge in [-0.15, -0.1) is 0 Å². The molecule has 24 heavy (non-hydrogen) atoms. The van der Waals surface area contributed by atoms with Crippen LogP contribution in [-0.2, 0) is 20.7 Å². The zero-order chi connectivity index (χ0) is 17.7. The van der Waals surface area contributed by atoms with Crippen LogP contribution >= 0.6 is 34.8 Å². The molecule has 0 aliphatic rings. The number of rotatable bonds is 5. The van der Waals surface area contributed by atoms with Crippen LogP contribution in [0.25, 0.3) is 0 Å². The second-order valence-corrected chi connectivity index (χ2v) is 6.34. The summed E-state index contributed by atoms with van der Waals surface area (Å²) in [6, 6.07) is 10.00. The number of aryl methyl sites for hydroxylation is 1. The van der Waals surface area contributed by atoms with Crippen LogP contribution in [0.2, 0.25) is 15.1 Å². The molecule has 0 radical (unpaired) electrons. The number of ether oxygens (including phenoxy) is 1. The monoisotopic (exact) mass is 385 g/mol. The van der Waals surface area contributed by atoms with Crippen LogP contribution in [0.15, 0.2) is 36.4 Å². The summed E-state index contributed by atoms with van der Waals surface area (Å²) >= 11 is 17.6. The number of carbonyl (C=O) groups excluding carboxylic acids is 2. The standard InChI is InChI=1S/C17H14Cl3NO3/c1-10-2-4-12(18)8-15(10)21-16(22)9-24-17(23)7-11-3-5-13(19)14(20)6-11/h2-6,8H,7,9H2,1H3,(H,21,22). The lowest BCUT2D eigenvalue weighted by molar-refractivity contribution is -0.146. The topological polar surface area (TPSA) is 55.4 Å². The molecule has 1 amide bonds. The fourth-order valence-electron chi connectivity index (χ4n) is 1.93. The molecule has 0 aromatic heterocycles. The molecule has 126 valence electrons. The molecule has 0 fully saturated rings. The number of benzene rings is 2. The molecular weight excluding hydrogens is 373 g/mol. The largest absolute Gasteiger partial charge is 0.455 e. The van der Waals surface area contributed by atoms with E-state index in [1.165, 1.54) is 0 Å². The molecule has 0 aliphatic heterocycles. The molecule has 0 unspecified atom stereocenters. The van der Waals surface area contributed by atoms with Crippen LogP contribution in [0, 0.1) is 6.92 Å². The summed E-state index contributed by atoms with van der Waals surface area (Å²) in [5.41, 5.74) is 2.09. The average Bonchev–Trinajstić information content (AvgIpc) is 2.52. The molecule has 0 saturated heterocycles. The van der Waals surface area contributed by atoms with E-state index in [2.05, 4.69) is 5.32 Å². The Morgan fingerprint density at radius 1 is 1.04 bits per heavy atom. The van der Waals surface area contributed by atoms with Gasteiger partial charge in [-0.25, -0.2) is 0 Å². The predicted molar refractivity (Wildman–Crippen MR) is 95.9 cm³/mol. The van der Waals surface area contributed by atoms with Crippen molar-refractivity contribution in [2.24, 2.45) is 0 Å². The highest BCUT2D eigenvalue weighted by atomic mass is 35.5. The molecule has 0 bridgehead atoms. The van der Waals surface area contributed by atoms with Gasteiger partial charge in [-0.3, -0.25) is 9.59 Å². The van der Waals surface area contributed by atoms with Gasteiger partial charge in [0.25, 0.3) is 5.91 Å². The van der Waals surface area contributed by atoms with E-state index in [1.54, 1.807) is 36.4 Å². The Labute approximate surface area is 154 Å². The number of halogens is 3. The van der Waals surface area contributed by atoms with Crippen LogP contribution in [0.4, 0.5) is 5.69 Å². The molecule has 0 heterocycles. The van der Waals surface area contributed by atoms with E-state index in [4.69, 9.17) is 39.5 Å². The maximum absolute atomic E-state index is 11.9. The third-order valence-corrected chi connectivity index (χ3v) is 4.14. The maximum atomic E-state index is 11.9. The van der Waals surface area contributed by atoms with Crippen molar-refractivity contribution in [2.75, 3.05) is 11.9 Å². The minimum atomic E-state index is -0.536. The van der Waals surface area contributed by atoms with Gasteiger partial charge in [-0.2, -0.15) is 0 Å². The number of hydrogen-bond donors (Lipinski definition) is 1. The van der Waals surface area contributed by atoms with Crippen molar-refractivity contribution in [2.45, 2.75) is 13.3 Å². The van der Waals surface area contributed by atoms with Gasteiger partial charge in [-0.1, -0.05) is 46.9 Å². The van der Waals surface area contributed by atoms with Crippen molar-refractivity contribution >= 4 is 52.4 Å². The molecule has 0 spiro atoms. The highest BCUT2D eigenvalue weighted by molar-refractivity contribution is 6.42. The van der Waals surface area contributed by atoms with E-state index < -0.39 is 11.9 Å². The van der Waals surface area contributed by atoms with Crippen molar-refractivity contribution in [3.05, 3.63) is 62.6 Å². The van der Waals surface area contributed by atoms with E-state index in [0.29, 0.717) is 26.3 Å². The third kappa shape index (κ3) is 5.41. The predicted octanol–water partition coefficient (Wildman–Crippen LogP) is 4.68. The van der Waals surface area contributed by atoms with Crippen LogP contribution in [-0.4, -0.2) is 18.5 Å². The summed E-state index contributed by atoms with van der Waals surface area (Å²) in [6.45, 7) is 1.45. The van der Waals surface area contributed by atoms with Crippen LogP contribution in [0.1, 0.15) is 11.1 Å². The molecule has 1 N–H and O–H groups in total. The van der Waals surface area contributed by atoms with Crippen LogP contribution < -0.4 is 5.32 Å². The Kier molecular flexibility index (Phi) is 6.49. The number of anilines is 1. The summed E-state index contributed by atoms with van der Waals surface area (Å²) in [5.74, 6) is -0.978. The van der Waals surface area contributed by atoms with Gasteiger partial charge in [0.2, 0.25) is 0 Å². The van der Waals surface area contributed by atoms with E-state index in [1.807, 2.05) is 6.92 Å². The van der Waals surface area contributed by atoms with E-state index >= 15 is 0 Å². The first-order valence-corrected chi connectivity index (χ1v) is 8.14. The zero-order valence-corrected chi connectivity index (χ0v) is 15.0. The number of amides is 1. The Hall–Kier alpha value is -1.75. The van der Waals surface area contributed by atoms with E-state index in [-0.39, 0.29) is 13.0 Å². The van der Waals surface area contributed by atoms with Gasteiger partial charge in [0.05, 0.1) is 16.5 Å². The molecule has 2 aromatic carbocycles. The molecule has 2 aromatic rings. The first-order valence-electron chi connectivity index (χ1n) is 7.00. The lowest BCUT2D eigenvalue weighted by Crippen LogP contribution is -2.22. The van der Waals surface area contributed by atoms with Gasteiger partial charge in [-0.05, 0) is 42.3 Å². The van der Waals surface area contributed by atoms with Crippen molar-refractivity contribution in [1.29, 1.82) is 0 Å². The average molecular weight is 387 g/mol. The number of hydrogen-bond acceptors (Lipinski definition) is 3. The highest BCUT2D eigenvalue weighted by Crippen LogP contribution is 2.23. The minimum absolute atomic E-state index is 0.000359. The molecule has 0 atom stereocenters. The minimum Gasteiger partial charge on any atom is -0.455 e. The summed E-state index contributed by atoms with van der Waals surface area (Å²) in [4.78, 5) is 23.6. The summed E-state index contributed by atoms with van der Waals surface area (Å²) in [5, 5.41) is 3.92. The lowest BCUT2D eigenvalue weighted by atomic mass is 10.1. The van der Waals surface area contributed by atoms with Gasteiger partial charge >= 0.3 is 5.97 Å². The SMILES string of the molecule is Cc1ccc(Cl)cc1NC(=O)COC(=O)Cc1ccc(Cl)c(Cl)c1. The smallest absolute Gasteiger partial charge is 0.310 e. The van der Waals surface area contributed by atoms with Gasteiger partial charge in [0, 0.05) is 10.7 Å². The maximum Gasteiger partial charge on any atom is 0.310 e. The lowest BCUT2D eigenvalue weighted by Gasteiger charge is -2.09. The van der Waals surface area contributed by atoms with Crippen LogP contribution in [0.3, 0.4) is 0 Å². The normalized spacial score (nSPS) is 10.3. The molecule has 2 rings (SSSR count). The number of nitrogens with one attached hydrogen (secondary N) is 1. The van der Waals surface area contributed by atoms with E-state index in [9.17, 15) is 9.59 Å². The van der Waals surface area contributed by atoms with E-state index in [0.717, 1.165) is 5.56 Å². The second-order valence-electron chi connectivity index (χ2n) is 5.09. The number of esters is 1. The summed E-state index contributed by atoms with van der Waals surface area (Å²) < 4.78 is 4.96. The summed E-state index contributed by atoms with van der Waals surface area (Å²) in [6.07, 6.45) is 0.000359. The van der Waals surface area contributed by atoms with Crippen molar-refractivity contribution in [3.63, 3.8) is 0 Å². The second kappa shape index (κ2) is 8.38. The van der Waals surface area contributed by atoms with Crippen LogP contribution in [0.5, 0.6) is 0 Å². The van der Waals surface area contributed by atoms with Crippen molar-refractivity contribution in [1.82, 2.24) is 0 Å². The van der Waals surface area contributed by atoms with Gasteiger partial charge in [0.15, 0.2) is 6.61 Å². The quantitative estimate of drug-likeness (QED) is 0.759. The Morgan fingerprint density at radius 3 is 2.50 bits per heavy atom. The zero-order valence-electron chi connectivity index (χ0n) is 12.7. The molecule has 0 aliphatic carbocycles. The Morgan fingerprint density at radius 2 is 1.79 bits per heavy atom. The first-order chi connectivity index (χ1) is 11.3. The Bertz CT molecular complexity index is 778. The molecule has 4 nitrogen and oxygen atoms in total. The molecular formula is C17H14Cl3NO3. The van der Waals surface area contributed by atoms with Crippen molar-refractivity contribution < 1.29 is 14.3 Å². The Balaban J connectivity index is 1.85. The van der Waals surface area contributed by atoms with Gasteiger partial charge < -0.3 is 10.1 Å². The molecule has 7 heteroatoms. The highest BCUT2D eigenvalue weighted by Gasteiger charge is 2.11. The van der Waals surface area contributed by atoms with Gasteiger partial charge in [0.1, 0.15) is 0 Å². The van der Waals surface area contributed by atoms with Crippen molar-refractivity contribution in [3.8, 4) is 0 Å². The molecule has 0 saturated carbocycles. The third-order valence-electron chi connectivity index (χ3n) is 3.17. The number of carbonyl (C=O) groups is 2. The fraction of sp³-hybridized carbons (Fsp3) is 0.176. The first kappa shape index (κ1) is 18.6.